The highest BCUT2D eigenvalue weighted by Gasteiger charge is 2.31. The first-order chi connectivity index (χ1) is 11.7. The van der Waals surface area contributed by atoms with Crippen LogP contribution in [-0.4, -0.2) is 18.5 Å². The number of benzene rings is 2. The maximum absolute atomic E-state index is 12.3. The van der Waals surface area contributed by atoms with Gasteiger partial charge in [-0.25, -0.2) is 0 Å². The Morgan fingerprint density at radius 1 is 1.21 bits per heavy atom. The molecule has 0 aromatic heterocycles. The van der Waals surface area contributed by atoms with Crippen molar-refractivity contribution in [2.45, 2.75) is 25.5 Å². The Labute approximate surface area is 150 Å². The molecule has 1 aliphatic carbocycles. The lowest BCUT2D eigenvalue weighted by Gasteiger charge is -2.16. The lowest BCUT2D eigenvalue weighted by atomic mass is 10.1. The van der Waals surface area contributed by atoms with Crippen molar-refractivity contribution in [2.75, 3.05) is 6.54 Å². The van der Waals surface area contributed by atoms with Crippen LogP contribution in [0.15, 0.2) is 53.0 Å². The standard InChI is InChI=1S/C19H21BrN2O2/c20-16-3-1-2-4-18(16)24-12-13-5-7-15(8-6-13)19(23)22-17(11-21)14-9-10-14/h1-8,14,17H,9-12,21H2,(H,22,23). The minimum atomic E-state index is -0.0596. The Bertz CT molecular complexity index is 699. The Morgan fingerprint density at radius 3 is 2.54 bits per heavy atom. The first-order valence-electron chi connectivity index (χ1n) is 8.14. The molecule has 0 aliphatic heterocycles. The van der Waals surface area contributed by atoms with E-state index in [0.29, 0.717) is 24.6 Å². The van der Waals surface area contributed by atoms with Gasteiger partial charge in [0.15, 0.2) is 0 Å². The molecule has 1 unspecified atom stereocenters. The molecule has 0 radical (unpaired) electrons. The average Bonchev–Trinajstić information content (AvgIpc) is 3.44. The predicted octanol–water partition coefficient (Wildman–Crippen LogP) is 3.50. The fraction of sp³-hybridized carbons (Fsp3) is 0.316. The summed E-state index contributed by atoms with van der Waals surface area (Å²) in [7, 11) is 0. The lowest BCUT2D eigenvalue weighted by Crippen LogP contribution is -2.41. The second-order valence-corrected chi connectivity index (χ2v) is 6.92. The third kappa shape index (κ3) is 4.36. The molecule has 4 nitrogen and oxygen atoms in total. The Hall–Kier alpha value is -1.85. The lowest BCUT2D eigenvalue weighted by molar-refractivity contribution is 0.0933. The van der Waals surface area contributed by atoms with Gasteiger partial charge < -0.3 is 15.8 Å². The van der Waals surface area contributed by atoms with E-state index in [0.717, 1.165) is 28.6 Å². The first-order valence-corrected chi connectivity index (χ1v) is 8.94. The zero-order valence-electron chi connectivity index (χ0n) is 13.4. The number of rotatable bonds is 7. The summed E-state index contributed by atoms with van der Waals surface area (Å²) in [6.07, 6.45) is 2.32. The molecule has 1 fully saturated rings. The van der Waals surface area contributed by atoms with Crippen LogP contribution >= 0.6 is 15.9 Å². The summed E-state index contributed by atoms with van der Waals surface area (Å²) in [4.78, 5) is 12.3. The summed E-state index contributed by atoms with van der Waals surface area (Å²) >= 11 is 3.46. The largest absolute Gasteiger partial charge is 0.488 e. The molecule has 1 atom stereocenters. The van der Waals surface area contributed by atoms with Gasteiger partial charge in [0.25, 0.3) is 5.91 Å². The third-order valence-electron chi connectivity index (χ3n) is 4.21. The number of nitrogens with one attached hydrogen (secondary N) is 1. The minimum Gasteiger partial charge on any atom is -0.488 e. The molecule has 1 amide bonds. The molecule has 2 aromatic carbocycles. The van der Waals surface area contributed by atoms with Crippen LogP contribution in [0.1, 0.15) is 28.8 Å². The highest BCUT2D eigenvalue weighted by molar-refractivity contribution is 9.10. The van der Waals surface area contributed by atoms with E-state index in [1.807, 2.05) is 48.5 Å². The van der Waals surface area contributed by atoms with Crippen molar-refractivity contribution in [3.63, 3.8) is 0 Å². The summed E-state index contributed by atoms with van der Waals surface area (Å²) in [6, 6.07) is 15.3. The van der Waals surface area contributed by atoms with Crippen molar-refractivity contribution >= 4 is 21.8 Å². The smallest absolute Gasteiger partial charge is 0.251 e. The van der Waals surface area contributed by atoms with Crippen LogP contribution in [0.25, 0.3) is 0 Å². The van der Waals surface area contributed by atoms with Gasteiger partial charge in [0, 0.05) is 18.2 Å². The van der Waals surface area contributed by atoms with E-state index in [-0.39, 0.29) is 11.9 Å². The van der Waals surface area contributed by atoms with E-state index >= 15 is 0 Å². The van der Waals surface area contributed by atoms with E-state index in [1.54, 1.807) is 0 Å². The summed E-state index contributed by atoms with van der Waals surface area (Å²) < 4.78 is 6.71. The van der Waals surface area contributed by atoms with Crippen LogP contribution in [0.2, 0.25) is 0 Å². The van der Waals surface area contributed by atoms with E-state index in [2.05, 4.69) is 21.2 Å². The van der Waals surface area contributed by atoms with Crippen molar-refractivity contribution in [3.05, 3.63) is 64.1 Å². The van der Waals surface area contributed by atoms with Gasteiger partial charge in [-0.2, -0.15) is 0 Å². The molecule has 24 heavy (non-hydrogen) atoms. The molecular weight excluding hydrogens is 368 g/mol. The summed E-state index contributed by atoms with van der Waals surface area (Å²) in [5.41, 5.74) is 7.40. The second kappa shape index (κ2) is 7.81. The van der Waals surface area contributed by atoms with Crippen molar-refractivity contribution in [1.29, 1.82) is 0 Å². The van der Waals surface area contributed by atoms with Crippen LogP contribution in [0.5, 0.6) is 5.75 Å². The molecule has 2 aromatic rings. The van der Waals surface area contributed by atoms with Gasteiger partial charge >= 0.3 is 0 Å². The summed E-state index contributed by atoms with van der Waals surface area (Å²) in [6.45, 7) is 0.951. The maximum atomic E-state index is 12.3. The molecule has 3 N–H and O–H groups in total. The zero-order valence-corrected chi connectivity index (χ0v) is 15.0. The Morgan fingerprint density at radius 2 is 1.92 bits per heavy atom. The quantitative estimate of drug-likeness (QED) is 0.762. The number of carbonyl (C=O) groups excluding carboxylic acids is 1. The van der Waals surface area contributed by atoms with E-state index in [9.17, 15) is 4.79 Å². The molecule has 0 spiro atoms. The van der Waals surface area contributed by atoms with E-state index in [1.165, 1.54) is 0 Å². The molecular formula is C19H21BrN2O2. The highest BCUT2D eigenvalue weighted by atomic mass is 79.9. The molecule has 3 rings (SSSR count). The maximum Gasteiger partial charge on any atom is 0.251 e. The van der Waals surface area contributed by atoms with Crippen molar-refractivity contribution < 1.29 is 9.53 Å². The number of hydrogen-bond donors (Lipinski definition) is 2. The predicted molar refractivity (Wildman–Crippen MR) is 97.9 cm³/mol. The van der Waals surface area contributed by atoms with Crippen molar-refractivity contribution in [3.8, 4) is 5.75 Å². The number of nitrogens with two attached hydrogens (primary N) is 1. The van der Waals surface area contributed by atoms with Crippen LogP contribution in [0, 0.1) is 5.92 Å². The molecule has 1 aliphatic rings. The number of para-hydroxylation sites is 1. The molecule has 5 heteroatoms. The molecule has 0 bridgehead atoms. The first kappa shape index (κ1) is 17.0. The van der Waals surface area contributed by atoms with E-state index in [4.69, 9.17) is 10.5 Å². The number of ether oxygens (including phenoxy) is 1. The van der Waals surface area contributed by atoms with Gasteiger partial charge in [0.05, 0.1) is 4.47 Å². The molecule has 1 saturated carbocycles. The van der Waals surface area contributed by atoms with Crippen molar-refractivity contribution in [1.82, 2.24) is 5.32 Å². The summed E-state index contributed by atoms with van der Waals surface area (Å²) in [5, 5.41) is 3.03. The third-order valence-corrected chi connectivity index (χ3v) is 4.86. The topological polar surface area (TPSA) is 64.3 Å². The number of hydrogen-bond acceptors (Lipinski definition) is 3. The average molecular weight is 389 g/mol. The normalized spacial score (nSPS) is 14.9. The van der Waals surface area contributed by atoms with Crippen LogP contribution in [-0.2, 0) is 6.61 Å². The van der Waals surface area contributed by atoms with Gasteiger partial charge in [-0.05, 0) is 64.5 Å². The van der Waals surface area contributed by atoms with Crippen molar-refractivity contribution in [2.24, 2.45) is 11.7 Å². The molecule has 0 heterocycles. The Balaban J connectivity index is 1.56. The van der Waals surface area contributed by atoms with Gasteiger partial charge in [0.1, 0.15) is 12.4 Å². The highest BCUT2D eigenvalue weighted by Crippen LogP contribution is 2.32. The molecule has 126 valence electrons. The van der Waals surface area contributed by atoms with Gasteiger partial charge in [-0.3, -0.25) is 4.79 Å². The fourth-order valence-corrected chi connectivity index (χ4v) is 2.99. The van der Waals surface area contributed by atoms with Gasteiger partial charge in [0.2, 0.25) is 0 Å². The number of halogens is 1. The van der Waals surface area contributed by atoms with Crippen LogP contribution in [0.4, 0.5) is 0 Å². The monoisotopic (exact) mass is 388 g/mol. The van der Waals surface area contributed by atoms with Crippen LogP contribution in [0.3, 0.4) is 0 Å². The van der Waals surface area contributed by atoms with E-state index < -0.39 is 0 Å². The second-order valence-electron chi connectivity index (χ2n) is 6.07. The zero-order chi connectivity index (χ0) is 16.9. The van der Waals surface area contributed by atoms with Gasteiger partial charge in [-0.15, -0.1) is 0 Å². The van der Waals surface area contributed by atoms with Gasteiger partial charge in [-0.1, -0.05) is 24.3 Å². The Kier molecular flexibility index (Phi) is 5.53. The SMILES string of the molecule is NCC(NC(=O)c1ccc(COc2ccccc2Br)cc1)C1CC1. The number of carbonyl (C=O) groups is 1. The summed E-state index contributed by atoms with van der Waals surface area (Å²) in [5.74, 6) is 1.29. The van der Waals surface area contributed by atoms with Crippen LogP contribution < -0.4 is 15.8 Å². The number of amides is 1. The minimum absolute atomic E-state index is 0.0596. The fourth-order valence-electron chi connectivity index (χ4n) is 2.59. The molecule has 0 saturated heterocycles.